The smallest absolute Gasteiger partial charge is 0.141 e. The van der Waals surface area contributed by atoms with Gasteiger partial charge in [-0.15, -0.1) is 11.3 Å². The van der Waals surface area contributed by atoms with E-state index < -0.39 is 0 Å². The molecule has 1 aromatic carbocycles. The number of thiophene rings is 1. The quantitative estimate of drug-likeness (QED) is 0.654. The summed E-state index contributed by atoms with van der Waals surface area (Å²) in [5.41, 5.74) is 2.59. The molecule has 0 saturated heterocycles. The fraction of sp³-hybridized carbons (Fsp3) is 0.333. The van der Waals surface area contributed by atoms with Gasteiger partial charge in [0.15, 0.2) is 0 Å². The molecule has 4 heteroatoms. The van der Waals surface area contributed by atoms with E-state index >= 15 is 0 Å². The highest BCUT2D eigenvalue weighted by atomic mass is 32.1. The number of anilines is 1. The first-order valence-corrected chi connectivity index (χ1v) is 8.65. The van der Waals surface area contributed by atoms with E-state index in [-0.39, 0.29) is 0 Å². The van der Waals surface area contributed by atoms with Crippen LogP contribution in [0.2, 0.25) is 0 Å². The zero-order valence-corrected chi connectivity index (χ0v) is 13.9. The molecule has 0 amide bonds. The largest absolute Gasteiger partial charge is 0.352 e. The number of unbranched alkanes of at least 4 members (excludes halogenated alkanes) is 1. The van der Waals surface area contributed by atoms with Crippen LogP contribution in [-0.2, 0) is 6.54 Å². The van der Waals surface area contributed by atoms with Gasteiger partial charge in [-0.2, -0.15) is 0 Å². The molecule has 3 nitrogen and oxygen atoms in total. The molecule has 0 fully saturated rings. The van der Waals surface area contributed by atoms with Gasteiger partial charge in [0.05, 0.1) is 5.39 Å². The SMILES string of the molecule is CCCCN(Cc1ccccc1)c1ncnc2scc(C)c12. The highest BCUT2D eigenvalue weighted by Crippen LogP contribution is 2.31. The monoisotopic (exact) mass is 311 g/mol. The molecule has 0 unspecified atom stereocenters. The van der Waals surface area contributed by atoms with Crippen LogP contribution in [0.1, 0.15) is 30.9 Å². The van der Waals surface area contributed by atoms with Gasteiger partial charge in [-0.3, -0.25) is 0 Å². The number of hydrogen-bond donors (Lipinski definition) is 0. The second kappa shape index (κ2) is 6.88. The highest BCUT2D eigenvalue weighted by molar-refractivity contribution is 7.17. The summed E-state index contributed by atoms with van der Waals surface area (Å²) in [5.74, 6) is 1.07. The Morgan fingerprint density at radius 2 is 1.95 bits per heavy atom. The first-order valence-electron chi connectivity index (χ1n) is 7.77. The average molecular weight is 311 g/mol. The van der Waals surface area contributed by atoms with Gasteiger partial charge in [0.25, 0.3) is 0 Å². The molecule has 2 aromatic heterocycles. The molecule has 0 saturated carbocycles. The van der Waals surface area contributed by atoms with E-state index in [9.17, 15) is 0 Å². The number of hydrogen-bond acceptors (Lipinski definition) is 4. The van der Waals surface area contributed by atoms with E-state index in [0.717, 1.165) is 23.7 Å². The topological polar surface area (TPSA) is 29.0 Å². The molecule has 114 valence electrons. The van der Waals surface area contributed by atoms with Crippen molar-refractivity contribution in [3.05, 3.63) is 53.2 Å². The van der Waals surface area contributed by atoms with Gasteiger partial charge >= 0.3 is 0 Å². The third-order valence-corrected chi connectivity index (χ3v) is 4.84. The number of rotatable bonds is 6. The van der Waals surface area contributed by atoms with Crippen LogP contribution in [0.25, 0.3) is 10.2 Å². The number of aromatic nitrogens is 2. The summed E-state index contributed by atoms with van der Waals surface area (Å²) in [6.45, 7) is 6.29. The molecule has 2 heterocycles. The summed E-state index contributed by atoms with van der Waals surface area (Å²) in [6, 6.07) is 10.6. The summed E-state index contributed by atoms with van der Waals surface area (Å²) in [7, 11) is 0. The van der Waals surface area contributed by atoms with Crippen molar-refractivity contribution in [1.29, 1.82) is 0 Å². The maximum absolute atomic E-state index is 4.61. The summed E-state index contributed by atoms with van der Waals surface area (Å²) in [6.07, 6.45) is 4.04. The minimum absolute atomic E-state index is 0.891. The lowest BCUT2D eigenvalue weighted by Gasteiger charge is -2.24. The van der Waals surface area contributed by atoms with Gasteiger partial charge < -0.3 is 4.90 Å². The summed E-state index contributed by atoms with van der Waals surface area (Å²) < 4.78 is 0. The predicted molar refractivity (Wildman–Crippen MR) is 94.6 cm³/mol. The maximum atomic E-state index is 4.61. The predicted octanol–water partition coefficient (Wildman–Crippen LogP) is 4.81. The second-order valence-corrected chi connectivity index (χ2v) is 6.41. The third-order valence-electron chi connectivity index (χ3n) is 3.83. The van der Waals surface area contributed by atoms with E-state index in [1.165, 1.54) is 29.4 Å². The molecule has 0 N–H and O–H groups in total. The van der Waals surface area contributed by atoms with Gasteiger partial charge in [-0.05, 0) is 29.9 Å². The van der Waals surface area contributed by atoms with Crippen LogP contribution < -0.4 is 4.90 Å². The van der Waals surface area contributed by atoms with Crippen molar-refractivity contribution in [3.63, 3.8) is 0 Å². The summed E-state index contributed by atoms with van der Waals surface area (Å²) in [4.78, 5) is 12.5. The van der Waals surface area contributed by atoms with Crippen LogP contribution in [0, 0.1) is 6.92 Å². The van der Waals surface area contributed by atoms with Crippen molar-refractivity contribution in [1.82, 2.24) is 9.97 Å². The minimum Gasteiger partial charge on any atom is -0.352 e. The molecule has 3 aromatic rings. The van der Waals surface area contributed by atoms with Crippen molar-refractivity contribution in [2.24, 2.45) is 0 Å². The zero-order chi connectivity index (χ0) is 15.4. The maximum Gasteiger partial charge on any atom is 0.141 e. The summed E-state index contributed by atoms with van der Waals surface area (Å²) >= 11 is 1.70. The number of nitrogens with zero attached hydrogens (tertiary/aromatic N) is 3. The normalized spacial score (nSPS) is 11.0. The van der Waals surface area contributed by atoms with Gasteiger partial charge in [0, 0.05) is 13.1 Å². The Bertz CT molecular complexity index is 736. The fourth-order valence-electron chi connectivity index (χ4n) is 2.65. The van der Waals surface area contributed by atoms with Gasteiger partial charge in [-0.25, -0.2) is 9.97 Å². The van der Waals surface area contributed by atoms with Gasteiger partial charge in [-0.1, -0.05) is 43.7 Å². The summed E-state index contributed by atoms with van der Waals surface area (Å²) in [5, 5.41) is 3.38. The first-order chi connectivity index (χ1) is 10.8. The van der Waals surface area contributed by atoms with E-state index in [0.29, 0.717) is 0 Å². The van der Waals surface area contributed by atoms with Crippen LogP contribution in [0.5, 0.6) is 0 Å². The molecular formula is C18H21N3S. The average Bonchev–Trinajstić information content (AvgIpc) is 2.94. The standard InChI is InChI=1S/C18H21N3S/c1-3-4-10-21(11-15-8-6-5-7-9-15)17-16-14(2)12-22-18(16)20-13-19-17/h5-9,12-13H,3-4,10-11H2,1-2H3. The van der Waals surface area contributed by atoms with Crippen LogP contribution >= 0.6 is 11.3 Å². The van der Waals surface area contributed by atoms with Crippen molar-refractivity contribution in [2.45, 2.75) is 33.2 Å². The molecule has 0 bridgehead atoms. The molecular weight excluding hydrogens is 290 g/mol. The third kappa shape index (κ3) is 3.12. The molecule has 0 aliphatic heterocycles. The molecule has 0 aliphatic carbocycles. The Labute approximate surface area is 135 Å². The van der Waals surface area contributed by atoms with Crippen molar-refractivity contribution >= 4 is 27.4 Å². The Balaban J connectivity index is 1.98. The second-order valence-electron chi connectivity index (χ2n) is 5.56. The lowest BCUT2D eigenvalue weighted by atomic mass is 10.1. The van der Waals surface area contributed by atoms with E-state index in [4.69, 9.17) is 0 Å². The number of benzene rings is 1. The van der Waals surface area contributed by atoms with Gasteiger partial charge in [0.2, 0.25) is 0 Å². The van der Waals surface area contributed by atoms with Crippen LogP contribution in [0.15, 0.2) is 42.0 Å². The fourth-order valence-corrected chi connectivity index (χ4v) is 3.54. The van der Waals surface area contributed by atoms with Crippen molar-refractivity contribution in [2.75, 3.05) is 11.4 Å². The van der Waals surface area contributed by atoms with Gasteiger partial charge in [0.1, 0.15) is 17.0 Å². The molecule has 3 rings (SSSR count). The molecule has 0 radical (unpaired) electrons. The zero-order valence-electron chi connectivity index (χ0n) is 13.1. The Morgan fingerprint density at radius 1 is 1.14 bits per heavy atom. The Hall–Kier alpha value is -1.94. The highest BCUT2D eigenvalue weighted by Gasteiger charge is 2.15. The Morgan fingerprint density at radius 3 is 2.73 bits per heavy atom. The van der Waals surface area contributed by atoms with E-state index in [1.54, 1.807) is 17.7 Å². The number of aryl methyl sites for hydroxylation is 1. The molecule has 22 heavy (non-hydrogen) atoms. The van der Waals surface area contributed by atoms with E-state index in [1.807, 2.05) is 0 Å². The first kappa shape index (κ1) is 15.0. The van der Waals surface area contributed by atoms with E-state index in [2.05, 4.69) is 64.4 Å². The lowest BCUT2D eigenvalue weighted by Crippen LogP contribution is -2.25. The van der Waals surface area contributed by atoms with Crippen molar-refractivity contribution < 1.29 is 0 Å². The Kier molecular flexibility index (Phi) is 4.68. The molecule has 0 spiro atoms. The van der Waals surface area contributed by atoms with Crippen molar-refractivity contribution in [3.8, 4) is 0 Å². The molecule has 0 atom stereocenters. The lowest BCUT2D eigenvalue weighted by molar-refractivity contribution is 0.709. The van der Waals surface area contributed by atoms with Crippen LogP contribution in [-0.4, -0.2) is 16.5 Å². The van der Waals surface area contributed by atoms with Crippen LogP contribution in [0.4, 0.5) is 5.82 Å². The minimum atomic E-state index is 0.891. The van der Waals surface area contributed by atoms with Crippen LogP contribution in [0.3, 0.4) is 0 Å². The number of fused-ring (bicyclic) bond motifs is 1. The molecule has 0 aliphatic rings.